The maximum atomic E-state index is 11.5. The van der Waals surface area contributed by atoms with E-state index in [2.05, 4.69) is 16.8 Å². The Balaban J connectivity index is 2.01. The van der Waals surface area contributed by atoms with Crippen LogP contribution in [0.5, 0.6) is 5.75 Å². The second kappa shape index (κ2) is 7.59. The van der Waals surface area contributed by atoms with Crippen LogP contribution in [0.2, 0.25) is 0 Å². The number of carbonyl (C=O) groups excluding carboxylic acids is 1. The second-order valence-electron chi connectivity index (χ2n) is 3.97. The first-order valence-electron chi connectivity index (χ1n) is 6.13. The first kappa shape index (κ1) is 16.0. The van der Waals surface area contributed by atoms with Crippen molar-refractivity contribution in [1.29, 1.82) is 5.26 Å². The fourth-order valence-corrected chi connectivity index (χ4v) is 3.25. The molecule has 1 amide bonds. The van der Waals surface area contributed by atoms with E-state index in [1.54, 1.807) is 13.3 Å². The van der Waals surface area contributed by atoms with E-state index in [0.29, 0.717) is 10.1 Å². The number of rotatable bonds is 6. The van der Waals surface area contributed by atoms with Crippen LogP contribution in [0, 0.1) is 11.5 Å². The van der Waals surface area contributed by atoms with Gasteiger partial charge in [0.2, 0.25) is 5.13 Å². The molecule has 2 rings (SSSR count). The highest BCUT2D eigenvalue weighted by Gasteiger charge is 2.17. The van der Waals surface area contributed by atoms with Gasteiger partial charge in [0.25, 0.3) is 5.91 Å². The summed E-state index contributed by atoms with van der Waals surface area (Å²) < 4.78 is 5.79. The number of carbonyl (C=O) groups is 1. The van der Waals surface area contributed by atoms with E-state index in [4.69, 9.17) is 10.00 Å². The molecule has 0 aliphatic heterocycles. The van der Waals surface area contributed by atoms with Crippen LogP contribution in [-0.2, 0) is 10.5 Å². The van der Waals surface area contributed by atoms with Gasteiger partial charge in [-0.1, -0.05) is 41.8 Å². The molecule has 6 nitrogen and oxygen atoms in total. The molecule has 0 fully saturated rings. The average Bonchev–Trinajstić information content (AvgIpc) is 3.02. The minimum absolute atomic E-state index is 0.240. The van der Waals surface area contributed by atoms with Crippen LogP contribution in [0.25, 0.3) is 0 Å². The molecule has 112 valence electrons. The van der Waals surface area contributed by atoms with Crippen molar-refractivity contribution < 1.29 is 9.53 Å². The number of nitrogens with zero attached hydrogens (tertiary/aromatic N) is 4. The van der Waals surface area contributed by atoms with Crippen LogP contribution in [0.1, 0.15) is 5.56 Å². The number of thioether (sulfide) groups is 1. The summed E-state index contributed by atoms with van der Waals surface area (Å²) in [5, 5.41) is 17.1. The normalized spacial score (nSPS) is 9.82. The molecular formula is C14H12N4O2S2. The van der Waals surface area contributed by atoms with Crippen molar-refractivity contribution in [1.82, 2.24) is 10.2 Å². The number of aromatic nitrogens is 2. The fraction of sp³-hybridized carbons (Fsp3) is 0.143. The summed E-state index contributed by atoms with van der Waals surface area (Å²) in [5.41, 5.74) is 1.11. The summed E-state index contributed by atoms with van der Waals surface area (Å²) in [6.07, 6.45) is 2.83. The summed E-state index contributed by atoms with van der Waals surface area (Å²) in [6, 6.07) is 7.72. The summed E-state index contributed by atoms with van der Waals surface area (Å²) in [4.78, 5) is 12.4. The molecule has 0 unspecified atom stereocenters. The Morgan fingerprint density at radius 2 is 2.23 bits per heavy atom. The van der Waals surface area contributed by atoms with Gasteiger partial charge in [-0.05, 0) is 23.8 Å². The van der Waals surface area contributed by atoms with Crippen LogP contribution < -0.4 is 9.64 Å². The maximum absolute atomic E-state index is 11.5. The molecule has 0 saturated carbocycles. The summed E-state index contributed by atoms with van der Waals surface area (Å²) in [5.74, 6) is 0.991. The minimum atomic E-state index is -0.523. The molecule has 2 aromatic rings. The van der Waals surface area contributed by atoms with Crippen molar-refractivity contribution in [2.24, 2.45) is 0 Å². The molecule has 8 heteroatoms. The quantitative estimate of drug-likeness (QED) is 0.266. The van der Waals surface area contributed by atoms with Crippen LogP contribution in [0.15, 0.2) is 41.3 Å². The number of ether oxygens (including phenoxy) is 1. The zero-order valence-corrected chi connectivity index (χ0v) is 13.4. The average molecular weight is 332 g/mol. The molecule has 0 N–H and O–H groups in total. The largest absolute Gasteiger partial charge is 0.497 e. The molecule has 0 bridgehead atoms. The van der Waals surface area contributed by atoms with E-state index in [1.807, 2.05) is 24.3 Å². The standard InChI is InChI=1S/C14H12N4O2S2/c1-3-12(19)18(9-15)13-16-17-14(22-13)21-8-10-4-6-11(20-2)7-5-10/h3-7H,1,8H2,2H3. The Bertz CT molecular complexity index is 706. The second-order valence-corrected chi connectivity index (χ2v) is 6.14. The molecule has 0 saturated heterocycles. The van der Waals surface area contributed by atoms with Gasteiger partial charge in [0.05, 0.1) is 7.11 Å². The highest BCUT2D eigenvalue weighted by Crippen LogP contribution is 2.30. The first-order valence-corrected chi connectivity index (χ1v) is 7.93. The van der Waals surface area contributed by atoms with E-state index in [1.165, 1.54) is 23.1 Å². The van der Waals surface area contributed by atoms with Gasteiger partial charge in [-0.2, -0.15) is 10.2 Å². The number of hydrogen-bond acceptors (Lipinski definition) is 7. The Morgan fingerprint density at radius 3 is 2.82 bits per heavy atom. The SMILES string of the molecule is C=CC(=O)N(C#N)c1nnc(SCc2ccc(OC)cc2)s1. The van der Waals surface area contributed by atoms with Crippen molar-refractivity contribution in [3.05, 3.63) is 42.5 Å². The van der Waals surface area contributed by atoms with E-state index in [-0.39, 0.29) is 5.13 Å². The topological polar surface area (TPSA) is 79.1 Å². The number of amides is 1. The lowest BCUT2D eigenvalue weighted by molar-refractivity contribution is -0.113. The Hall–Kier alpha value is -2.37. The third-order valence-corrected chi connectivity index (χ3v) is 4.72. The summed E-state index contributed by atoms with van der Waals surface area (Å²) in [6.45, 7) is 3.35. The maximum Gasteiger partial charge on any atom is 0.265 e. The zero-order chi connectivity index (χ0) is 15.9. The molecule has 1 heterocycles. The first-order chi connectivity index (χ1) is 10.7. The minimum Gasteiger partial charge on any atom is -0.497 e. The van der Waals surface area contributed by atoms with Gasteiger partial charge < -0.3 is 4.74 Å². The van der Waals surface area contributed by atoms with Crippen molar-refractivity contribution in [3.8, 4) is 11.9 Å². The van der Waals surface area contributed by atoms with Crippen molar-refractivity contribution in [3.63, 3.8) is 0 Å². The number of hydrogen-bond donors (Lipinski definition) is 0. The molecular weight excluding hydrogens is 320 g/mol. The van der Waals surface area contributed by atoms with E-state index in [0.717, 1.165) is 22.3 Å². The molecule has 0 atom stereocenters. The van der Waals surface area contributed by atoms with E-state index < -0.39 is 5.91 Å². The van der Waals surface area contributed by atoms with Crippen LogP contribution in [0.4, 0.5) is 5.13 Å². The molecule has 1 aromatic heterocycles. The van der Waals surface area contributed by atoms with Crippen LogP contribution in [-0.4, -0.2) is 23.2 Å². The molecule has 0 aliphatic rings. The third kappa shape index (κ3) is 3.84. The highest BCUT2D eigenvalue weighted by atomic mass is 32.2. The summed E-state index contributed by atoms with van der Waals surface area (Å²) in [7, 11) is 1.62. The fourth-order valence-electron chi connectivity index (χ4n) is 1.50. The molecule has 0 aliphatic carbocycles. The lowest BCUT2D eigenvalue weighted by Gasteiger charge is -2.04. The van der Waals surface area contributed by atoms with Gasteiger partial charge in [0, 0.05) is 5.75 Å². The Morgan fingerprint density at radius 1 is 1.50 bits per heavy atom. The number of methoxy groups -OCH3 is 1. The van der Waals surface area contributed by atoms with Crippen molar-refractivity contribution in [2.45, 2.75) is 10.1 Å². The monoisotopic (exact) mass is 332 g/mol. The lowest BCUT2D eigenvalue weighted by atomic mass is 10.2. The van der Waals surface area contributed by atoms with Gasteiger partial charge in [-0.15, -0.1) is 10.2 Å². The molecule has 0 spiro atoms. The predicted octanol–water partition coefficient (Wildman–Crippen LogP) is 2.84. The number of nitriles is 1. The van der Waals surface area contributed by atoms with E-state index >= 15 is 0 Å². The predicted molar refractivity (Wildman–Crippen MR) is 85.8 cm³/mol. The Labute approximate surface area is 136 Å². The molecule has 1 aromatic carbocycles. The van der Waals surface area contributed by atoms with Crippen molar-refractivity contribution >= 4 is 34.1 Å². The van der Waals surface area contributed by atoms with Crippen molar-refractivity contribution in [2.75, 3.05) is 12.0 Å². The highest BCUT2D eigenvalue weighted by molar-refractivity contribution is 8.00. The van der Waals surface area contributed by atoms with Gasteiger partial charge in [0.15, 0.2) is 10.5 Å². The Kier molecular flexibility index (Phi) is 5.52. The smallest absolute Gasteiger partial charge is 0.265 e. The number of anilines is 1. The zero-order valence-electron chi connectivity index (χ0n) is 11.7. The van der Waals surface area contributed by atoms with Crippen LogP contribution >= 0.6 is 23.1 Å². The number of benzene rings is 1. The van der Waals surface area contributed by atoms with Crippen LogP contribution in [0.3, 0.4) is 0 Å². The van der Waals surface area contributed by atoms with Gasteiger partial charge in [-0.3, -0.25) is 4.79 Å². The van der Waals surface area contributed by atoms with Gasteiger partial charge in [-0.25, -0.2) is 0 Å². The third-order valence-electron chi connectivity index (χ3n) is 2.60. The summed E-state index contributed by atoms with van der Waals surface area (Å²) >= 11 is 2.67. The molecule has 0 radical (unpaired) electrons. The van der Waals surface area contributed by atoms with Gasteiger partial charge >= 0.3 is 0 Å². The lowest BCUT2D eigenvalue weighted by Crippen LogP contribution is -2.22. The van der Waals surface area contributed by atoms with Gasteiger partial charge in [0.1, 0.15) is 5.75 Å². The van der Waals surface area contributed by atoms with E-state index in [9.17, 15) is 4.79 Å². The molecule has 22 heavy (non-hydrogen) atoms.